The lowest BCUT2D eigenvalue weighted by Crippen LogP contribution is -2.45. The Kier molecular flexibility index (Phi) is 5.03. The summed E-state index contributed by atoms with van der Waals surface area (Å²) in [6, 6.07) is 6.90. The predicted molar refractivity (Wildman–Crippen MR) is 72.3 cm³/mol. The zero-order valence-electron chi connectivity index (χ0n) is 11.5. The summed E-state index contributed by atoms with van der Waals surface area (Å²) < 4.78 is 50.0. The van der Waals surface area contributed by atoms with Gasteiger partial charge in [-0.25, -0.2) is 0 Å². The molecule has 20 heavy (non-hydrogen) atoms. The lowest BCUT2D eigenvalue weighted by atomic mass is 10.1. The van der Waals surface area contributed by atoms with Crippen LogP contribution in [-0.4, -0.2) is 31.2 Å². The topological polar surface area (TPSA) is 46.2 Å². The van der Waals surface area contributed by atoms with Gasteiger partial charge in [0.25, 0.3) is 0 Å². The highest BCUT2D eigenvalue weighted by Gasteiger charge is 2.47. The van der Waals surface area contributed by atoms with Crippen molar-refractivity contribution >= 4 is 13.0 Å². The van der Waals surface area contributed by atoms with Crippen molar-refractivity contribution in [2.75, 3.05) is 13.3 Å². The van der Waals surface area contributed by atoms with Gasteiger partial charge < -0.3 is 9.88 Å². The van der Waals surface area contributed by atoms with Crippen LogP contribution in [-0.2, 0) is 15.8 Å². The third-order valence-corrected chi connectivity index (χ3v) is 4.38. The van der Waals surface area contributed by atoms with E-state index < -0.39 is 25.0 Å². The SMILES string of the molecule is Cc1ccc(CC(=O)N[C@@H](C(F)(F)F)P(C)(C)=O)cc1. The first kappa shape index (κ1) is 16.8. The third kappa shape index (κ3) is 5.00. The van der Waals surface area contributed by atoms with E-state index in [2.05, 4.69) is 0 Å². The van der Waals surface area contributed by atoms with Crippen molar-refractivity contribution in [2.24, 2.45) is 0 Å². The molecule has 7 heteroatoms. The Morgan fingerprint density at radius 1 is 1.25 bits per heavy atom. The van der Waals surface area contributed by atoms with Crippen molar-refractivity contribution in [1.29, 1.82) is 0 Å². The van der Waals surface area contributed by atoms with Crippen molar-refractivity contribution in [1.82, 2.24) is 5.32 Å². The number of nitrogens with one attached hydrogen (secondary N) is 1. The molecule has 0 aliphatic rings. The van der Waals surface area contributed by atoms with Gasteiger partial charge in [0.15, 0.2) is 5.78 Å². The molecule has 1 rings (SSSR count). The molecule has 1 aromatic carbocycles. The third-order valence-electron chi connectivity index (χ3n) is 2.71. The molecular weight excluding hydrogens is 290 g/mol. The second-order valence-corrected chi connectivity index (χ2v) is 8.49. The van der Waals surface area contributed by atoms with Crippen LogP contribution in [0.3, 0.4) is 0 Å². The summed E-state index contributed by atoms with van der Waals surface area (Å²) in [6.45, 7) is 3.89. The van der Waals surface area contributed by atoms with Crippen LogP contribution in [0.2, 0.25) is 0 Å². The van der Waals surface area contributed by atoms with Crippen molar-refractivity contribution in [3.05, 3.63) is 35.4 Å². The van der Waals surface area contributed by atoms with Gasteiger partial charge in [0.1, 0.15) is 7.14 Å². The number of halogens is 3. The number of carbonyl (C=O) groups is 1. The quantitative estimate of drug-likeness (QED) is 0.869. The molecule has 0 bridgehead atoms. The van der Waals surface area contributed by atoms with E-state index in [9.17, 15) is 22.5 Å². The Balaban J connectivity index is 2.77. The summed E-state index contributed by atoms with van der Waals surface area (Å²) in [4.78, 5) is 11.7. The molecule has 0 aliphatic heterocycles. The van der Waals surface area contributed by atoms with Crippen LogP contribution >= 0.6 is 7.14 Å². The Morgan fingerprint density at radius 3 is 2.15 bits per heavy atom. The molecule has 0 aromatic heterocycles. The number of hydrogen-bond donors (Lipinski definition) is 1. The van der Waals surface area contributed by atoms with Crippen LogP contribution in [0.5, 0.6) is 0 Å². The summed E-state index contributed by atoms with van der Waals surface area (Å²) in [5.74, 6) is -3.09. The molecule has 0 saturated heterocycles. The zero-order chi connectivity index (χ0) is 15.6. The second-order valence-electron chi connectivity index (χ2n) is 5.11. The van der Waals surface area contributed by atoms with Gasteiger partial charge in [-0.1, -0.05) is 29.8 Å². The fourth-order valence-electron chi connectivity index (χ4n) is 1.68. The van der Waals surface area contributed by atoms with Crippen LogP contribution in [0.1, 0.15) is 11.1 Å². The van der Waals surface area contributed by atoms with E-state index in [-0.39, 0.29) is 6.42 Å². The highest BCUT2D eigenvalue weighted by molar-refractivity contribution is 7.63. The smallest absolute Gasteiger partial charge is 0.338 e. The molecule has 0 spiro atoms. The monoisotopic (exact) mass is 307 g/mol. The fraction of sp³-hybridized carbons (Fsp3) is 0.462. The summed E-state index contributed by atoms with van der Waals surface area (Å²) in [5, 5.41) is 1.83. The van der Waals surface area contributed by atoms with Crippen molar-refractivity contribution in [3.63, 3.8) is 0 Å². The number of aryl methyl sites for hydroxylation is 1. The maximum absolute atomic E-state index is 12.8. The van der Waals surface area contributed by atoms with Crippen LogP contribution in [0.4, 0.5) is 13.2 Å². The van der Waals surface area contributed by atoms with Gasteiger partial charge in [-0.3, -0.25) is 4.79 Å². The van der Waals surface area contributed by atoms with Crippen molar-refractivity contribution in [2.45, 2.75) is 25.3 Å². The molecule has 0 unspecified atom stereocenters. The van der Waals surface area contributed by atoms with Crippen molar-refractivity contribution < 1.29 is 22.5 Å². The minimum atomic E-state index is -4.72. The number of rotatable bonds is 4. The Hall–Kier alpha value is -1.29. The fourth-order valence-corrected chi connectivity index (χ4v) is 2.84. The van der Waals surface area contributed by atoms with E-state index in [1.807, 2.05) is 12.2 Å². The normalized spacial score (nSPS) is 13.9. The largest absolute Gasteiger partial charge is 0.415 e. The molecule has 0 saturated carbocycles. The van der Waals surface area contributed by atoms with E-state index in [0.717, 1.165) is 18.9 Å². The minimum absolute atomic E-state index is 0.174. The standard InChI is InChI=1S/C13H17F3NO2P/c1-9-4-6-10(7-5-9)8-11(18)17-12(13(14,15)16)20(2,3)19/h4-7,12H,8H2,1-3H3,(H,17,18)/t12-/m1/s1. The van der Waals surface area contributed by atoms with Crippen molar-refractivity contribution in [3.8, 4) is 0 Å². The lowest BCUT2D eigenvalue weighted by Gasteiger charge is -2.25. The maximum Gasteiger partial charge on any atom is 0.415 e. The van der Waals surface area contributed by atoms with Gasteiger partial charge in [0.05, 0.1) is 6.42 Å². The molecule has 0 radical (unpaired) electrons. The first-order valence-electron chi connectivity index (χ1n) is 5.96. The number of hydrogen-bond acceptors (Lipinski definition) is 2. The molecule has 0 aliphatic carbocycles. The number of benzene rings is 1. The van der Waals surface area contributed by atoms with E-state index in [0.29, 0.717) is 5.56 Å². The van der Waals surface area contributed by atoms with Gasteiger partial charge in [-0.05, 0) is 25.8 Å². The molecule has 1 N–H and O–H groups in total. The highest BCUT2D eigenvalue weighted by atomic mass is 31.2. The Bertz CT molecular complexity index is 519. The lowest BCUT2D eigenvalue weighted by molar-refractivity contribution is -0.146. The Morgan fingerprint density at radius 2 is 1.75 bits per heavy atom. The van der Waals surface area contributed by atoms with E-state index in [1.54, 1.807) is 24.3 Å². The number of carbonyl (C=O) groups excluding carboxylic acids is 1. The van der Waals surface area contributed by atoms with E-state index in [1.165, 1.54) is 0 Å². The molecule has 3 nitrogen and oxygen atoms in total. The highest BCUT2D eigenvalue weighted by Crippen LogP contribution is 2.48. The van der Waals surface area contributed by atoms with Crippen LogP contribution < -0.4 is 5.32 Å². The van der Waals surface area contributed by atoms with Crippen LogP contribution in [0.15, 0.2) is 24.3 Å². The summed E-state index contributed by atoms with van der Waals surface area (Å²) in [7, 11) is -3.52. The molecule has 0 heterocycles. The first-order valence-corrected chi connectivity index (χ1v) is 8.63. The maximum atomic E-state index is 12.8. The average molecular weight is 307 g/mol. The minimum Gasteiger partial charge on any atom is -0.338 e. The molecular formula is C13H17F3NO2P. The number of alkyl halides is 3. The van der Waals surface area contributed by atoms with Gasteiger partial charge in [0, 0.05) is 0 Å². The van der Waals surface area contributed by atoms with Gasteiger partial charge in [-0.15, -0.1) is 0 Å². The number of amides is 1. The molecule has 112 valence electrons. The first-order chi connectivity index (χ1) is 9.00. The molecule has 1 amide bonds. The molecule has 1 aromatic rings. The van der Waals surface area contributed by atoms with Gasteiger partial charge >= 0.3 is 6.18 Å². The predicted octanol–water partition coefficient (Wildman–Crippen LogP) is 3.16. The average Bonchev–Trinajstić information content (AvgIpc) is 2.26. The second kappa shape index (κ2) is 6.00. The summed E-state index contributed by atoms with van der Waals surface area (Å²) in [6.07, 6.45) is -4.89. The van der Waals surface area contributed by atoms with Crippen LogP contribution in [0.25, 0.3) is 0 Å². The van der Waals surface area contributed by atoms with Gasteiger partial charge in [0.2, 0.25) is 5.91 Å². The molecule has 0 fully saturated rings. The summed E-state index contributed by atoms with van der Waals surface area (Å²) in [5.41, 5.74) is 1.60. The van der Waals surface area contributed by atoms with E-state index in [4.69, 9.17) is 0 Å². The Labute approximate surface area is 115 Å². The van der Waals surface area contributed by atoms with Crippen LogP contribution in [0, 0.1) is 6.92 Å². The summed E-state index contributed by atoms with van der Waals surface area (Å²) >= 11 is 0. The van der Waals surface area contributed by atoms with Gasteiger partial charge in [-0.2, -0.15) is 13.2 Å². The van der Waals surface area contributed by atoms with E-state index >= 15 is 0 Å². The zero-order valence-corrected chi connectivity index (χ0v) is 12.4. The molecule has 1 atom stereocenters.